The number of halogens is 1. The van der Waals surface area contributed by atoms with Gasteiger partial charge in [0.1, 0.15) is 11.4 Å². The first-order chi connectivity index (χ1) is 15.6. The van der Waals surface area contributed by atoms with Gasteiger partial charge >= 0.3 is 0 Å². The fourth-order valence-electron chi connectivity index (χ4n) is 5.44. The molecule has 0 saturated carbocycles. The van der Waals surface area contributed by atoms with Crippen molar-refractivity contribution in [3.63, 3.8) is 0 Å². The van der Waals surface area contributed by atoms with E-state index < -0.39 is 29.4 Å². The molecule has 1 aromatic heterocycles. The number of nitrogens with zero attached hydrogens (tertiary/aromatic N) is 1. The number of hydrogen-bond donors (Lipinski definition) is 2. The van der Waals surface area contributed by atoms with Crippen LogP contribution in [0, 0.1) is 17.7 Å². The van der Waals surface area contributed by atoms with Crippen LogP contribution in [0.1, 0.15) is 5.56 Å². The number of carbonyl (C=O) groups is 2. The molecule has 2 fully saturated rings. The maximum Gasteiger partial charge on any atom is 0.231 e. The number of likely N-dealkylation sites (tertiary alicyclic amines) is 1. The number of amides is 2. The first-order valence-electron chi connectivity index (χ1n) is 10.8. The highest BCUT2D eigenvalue weighted by Gasteiger charge is 2.66. The van der Waals surface area contributed by atoms with Crippen molar-refractivity contribution in [3.8, 4) is 0 Å². The van der Waals surface area contributed by atoms with Gasteiger partial charge in [-0.15, -0.1) is 0 Å². The SMILES string of the molecule is O=C(Nc1ccccc1F)[C@H]1[C@@H]2C=C[C@@]3(CN(CCc4c[nH]c5ccccc45)C(=O)[C@H]13)O2. The lowest BCUT2D eigenvalue weighted by Crippen LogP contribution is -2.41. The van der Waals surface area contributed by atoms with Crippen LogP contribution in [0.2, 0.25) is 0 Å². The second-order valence-corrected chi connectivity index (χ2v) is 8.74. The summed E-state index contributed by atoms with van der Waals surface area (Å²) >= 11 is 0. The van der Waals surface area contributed by atoms with E-state index in [4.69, 9.17) is 4.74 Å². The average molecular weight is 431 g/mol. The first-order valence-corrected chi connectivity index (χ1v) is 10.8. The largest absolute Gasteiger partial charge is 0.361 e. The molecule has 7 heteroatoms. The predicted molar refractivity (Wildman–Crippen MR) is 117 cm³/mol. The highest BCUT2D eigenvalue weighted by molar-refractivity contribution is 5.99. The number of carbonyl (C=O) groups excluding carboxylic acids is 2. The molecule has 0 aliphatic carbocycles. The Balaban J connectivity index is 1.21. The van der Waals surface area contributed by atoms with Gasteiger partial charge in [0.25, 0.3) is 0 Å². The third-order valence-electron chi connectivity index (χ3n) is 6.94. The van der Waals surface area contributed by atoms with Crippen LogP contribution in [-0.4, -0.2) is 46.5 Å². The molecule has 1 spiro atoms. The van der Waals surface area contributed by atoms with Gasteiger partial charge in [-0.25, -0.2) is 4.39 Å². The topological polar surface area (TPSA) is 74.4 Å². The highest BCUT2D eigenvalue weighted by atomic mass is 19.1. The van der Waals surface area contributed by atoms with Gasteiger partial charge in [-0.1, -0.05) is 42.5 Å². The Morgan fingerprint density at radius 1 is 1.22 bits per heavy atom. The lowest BCUT2D eigenvalue weighted by molar-refractivity contribution is -0.135. The van der Waals surface area contributed by atoms with Crippen LogP contribution < -0.4 is 5.32 Å². The summed E-state index contributed by atoms with van der Waals surface area (Å²) in [6.45, 7) is 0.970. The van der Waals surface area contributed by atoms with Crippen LogP contribution in [0.4, 0.5) is 10.1 Å². The molecular formula is C25H22FN3O3. The molecule has 3 aliphatic rings. The predicted octanol–water partition coefficient (Wildman–Crippen LogP) is 3.27. The van der Waals surface area contributed by atoms with Crippen LogP contribution in [0.25, 0.3) is 10.9 Å². The molecule has 162 valence electrons. The standard InChI is InChI=1S/C25H22FN3O3/c26-17-6-2-4-8-19(17)28-23(30)21-20-9-11-25(32-20)14-29(24(31)22(21)25)12-10-15-13-27-18-7-3-1-5-16(15)18/h1-9,11,13,20-22,27H,10,12,14H2,(H,28,30)/t20-,21-,22-,25-/m0/s1. The van der Waals surface area contributed by atoms with Crippen molar-refractivity contribution in [3.05, 3.63) is 78.3 Å². The minimum Gasteiger partial charge on any atom is -0.361 e. The molecule has 0 radical (unpaired) electrons. The molecule has 3 aliphatic heterocycles. The Morgan fingerprint density at radius 3 is 2.91 bits per heavy atom. The van der Waals surface area contributed by atoms with Gasteiger partial charge < -0.3 is 19.9 Å². The van der Waals surface area contributed by atoms with Gasteiger partial charge in [0.15, 0.2) is 0 Å². The summed E-state index contributed by atoms with van der Waals surface area (Å²) < 4.78 is 20.2. The smallest absolute Gasteiger partial charge is 0.231 e. The fourth-order valence-corrected chi connectivity index (χ4v) is 5.44. The van der Waals surface area contributed by atoms with Crippen molar-refractivity contribution in [2.45, 2.75) is 18.1 Å². The van der Waals surface area contributed by atoms with Gasteiger partial charge in [0.05, 0.1) is 30.2 Å². The van der Waals surface area contributed by atoms with E-state index in [-0.39, 0.29) is 17.5 Å². The Labute approximate surface area is 184 Å². The van der Waals surface area contributed by atoms with Gasteiger partial charge in [0, 0.05) is 23.6 Å². The summed E-state index contributed by atoms with van der Waals surface area (Å²) in [4.78, 5) is 31.5. The van der Waals surface area contributed by atoms with Crippen molar-refractivity contribution in [1.29, 1.82) is 0 Å². The number of anilines is 1. The quantitative estimate of drug-likeness (QED) is 0.609. The molecule has 6 rings (SSSR count). The van der Waals surface area contributed by atoms with Crippen LogP contribution in [0.3, 0.4) is 0 Å². The van der Waals surface area contributed by atoms with Gasteiger partial charge in [-0.3, -0.25) is 9.59 Å². The fraction of sp³-hybridized carbons (Fsp3) is 0.280. The molecule has 0 unspecified atom stereocenters. The van der Waals surface area contributed by atoms with E-state index in [1.165, 1.54) is 12.1 Å². The Bertz CT molecular complexity index is 1270. The lowest BCUT2D eigenvalue weighted by Gasteiger charge is -2.23. The molecule has 2 N–H and O–H groups in total. The van der Waals surface area contributed by atoms with E-state index in [1.807, 2.05) is 36.5 Å². The van der Waals surface area contributed by atoms with E-state index in [0.717, 1.165) is 16.5 Å². The Kier molecular flexibility index (Phi) is 4.23. The minimum atomic E-state index is -0.779. The maximum atomic E-state index is 14.0. The molecular weight excluding hydrogens is 409 g/mol. The number of nitrogens with one attached hydrogen (secondary N) is 2. The number of aromatic amines is 1. The third-order valence-corrected chi connectivity index (χ3v) is 6.94. The number of rotatable bonds is 5. The summed E-state index contributed by atoms with van der Waals surface area (Å²) in [7, 11) is 0. The molecule has 4 atom stereocenters. The van der Waals surface area contributed by atoms with Gasteiger partial charge in [-0.05, 0) is 30.2 Å². The van der Waals surface area contributed by atoms with Crippen molar-refractivity contribution in [2.24, 2.45) is 11.8 Å². The molecule has 2 bridgehead atoms. The number of fused-ring (bicyclic) bond motifs is 2. The van der Waals surface area contributed by atoms with Crippen LogP contribution in [-0.2, 0) is 20.7 Å². The summed E-state index contributed by atoms with van der Waals surface area (Å²) in [5.74, 6) is -2.24. The second-order valence-electron chi connectivity index (χ2n) is 8.74. The average Bonchev–Trinajstić information content (AvgIpc) is 3.54. The Morgan fingerprint density at radius 2 is 2.03 bits per heavy atom. The number of benzene rings is 2. The van der Waals surface area contributed by atoms with E-state index in [1.54, 1.807) is 17.0 Å². The summed E-state index contributed by atoms with van der Waals surface area (Å²) in [6.07, 6.45) is 6.01. The van der Waals surface area contributed by atoms with Crippen LogP contribution >= 0.6 is 0 Å². The molecule has 2 aromatic carbocycles. The van der Waals surface area contributed by atoms with Gasteiger partial charge in [0.2, 0.25) is 11.8 Å². The third kappa shape index (κ3) is 2.81. The Hall–Kier alpha value is -3.45. The summed E-state index contributed by atoms with van der Waals surface area (Å²) in [5.41, 5.74) is 1.55. The monoisotopic (exact) mass is 431 g/mol. The van der Waals surface area contributed by atoms with Gasteiger partial charge in [-0.2, -0.15) is 0 Å². The van der Waals surface area contributed by atoms with E-state index in [0.29, 0.717) is 19.5 Å². The van der Waals surface area contributed by atoms with Crippen molar-refractivity contribution in [1.82, 2.24) is 9.88 Å². The number of aromatic nitrogens is 1. The summed E-state index contributed by atoms with van der Waals surface area (Å²) in [6, 6.07) is 14.1. The molecule has 4 heterocycles. The zero-order valence-electron chi connectivity index (χ0n) is 17.3. The molecule has 3 aromatic rings. The number of ether oxygens (including phenoxy) is 1. The van der Waals surface area contributed by atoms with Crippen molar-refractivity contribution < 1.29 is 18.7 Å². The van der Waals surface area contributed by atoms with Crippen molar-refractivity contribution >= 4 is 28.4 Å². The highest BCUT2D eigenvalue weighted by Crippen LogP contribution is 2.52. The molecule has 2 amide bonds. The number of para-hydroxylation sites is 2. The number of hydrogen-bond acceptors (Lipinski definition) is 3. The lowest BCUT2D eigenvalue weighted by atomic mass is 9.77. The normalized spacial score (nSPS) is 28.0. The van der Waals surface area contributed by atoms with Crippen molar-refractivity contribution in [2.75, 3.05) is 18.4 Å². The van der Waals surface area contributed by atoms with E-state index >= 15 is 0 Å². The van der Waals surface area contributed by atoms with E-state index in [2.05, 4.69) is 16.4 Å². The summed E-state index contributed by atoms with van der Waals surface area (Å²) in [5, 5.41) is 3.80. The molecule has 2 saturated heterocycles. The maximum absolute atomic E-state index is 14.0. The number of H-pyrrole nitrogens is 1. The zero-order chi connectivity index (χ0) is 21.9. The molecule has 32 heavy (non-hydrogen) atoms. The zero-order valence-corrected chi connectivity index (χ0v) is 17.3. The minimum absolute atomic E-state index is 0.0784. The first kappa shape index (κ1) is 19.3. The van der Waals surface area contributed by atoms with Crippen LogP contribution in [0.5, 0.6) is 0 Å². The van der Waals surface area contributed by atoms with E-state index in [9.17, 15) is 14.0 Å². The molecule has 6 nitrogen and oxygen atoms in total. The second kappa shape index (κ2) is 7.03. The van der Waals surface area contributed by atoms with Crippen LogP contribution in [0.15, 0.2) is 66.9 Å².